The maximum Gasteiger partial charge on any atom is 0.123 e. The van der Waals surface area contributed by atoms with Gasteiger partial charge in [-0.15, -0.1) is 0 Å². The van der Waals surface area contributed by atoms with Gasteiger partial charge < -0.3 is 16.6 Å². The van der Waals surface area contributed by atoms with E-state index in [1.807, 2.05) is 12.1 Å². The Hall–Kier alpha value is -1.06. The lowest BCUT2D eigenvalue weighted by Crippen LogP contribution is -2.24. The van der Waals surface area contributed by atoms with Gasteiger partial charge in [-0.25, -0.2) is 0 Å². The first-order chi connectivity index (χ1) is 8.48. The zero-order valence-corrected chi connectivity index (χ0v) is 13.0. The van der Waals surface area contributed by atoms with Crippen LogP contribution in [0.4, 0.5) is 0 Å². The summed E-state index contributed by atoms with van der Waals surface area (Å²) in [6.45, 7) is 12.9. The van der Waals surface area contributed by atoms with Gasteiger partial charge in [0.1, 0.15) is 5.75 Å². The van der Waals surface area contributed by atoms with E-state index in [4.69, 9.17) is 11.5 Å². The van der Waals surface area contributed by atoms with Gasteiger partial charge in [0.15, 0.2) is 0 Å². The van der Waals surface area contributed by atoms with E-state index in [0.717, 1.165) is 16.7 Å². The Balaban J connectivity index is 3.57. The van der Waals surface area contributed by atoms with Crippen molar-refractivity contribution in [3.05, 3.63) is 28.8 Å². The molecule has 0 aliphatic carbocycles. The average Bonchev–Trinajstić information content (AvgIpc) is 2.25. The number of hydrogen-bond donors (Lipinski definition) is 3. The molecule has 1 aromatic rings. The summed E-state index contributed by atoms with van der Waals surface area (Å²) >= 11 is 0. The molecule has 0 aliphatic rings. The molecule has 1 atom stereocenters. The van der Waals surface area contributed by atoms with Crippen LogP contribution >= 0.6 is 0 Å². The second-order valence-electron chi connectivity index (χ2n) is 7.31. The van der Waals surface area contributed by atoms with E-state index in [2.05, 4.69) is 41.5 Å². The zero-order valence-electron chi connectivity index (χ0n) is 13.0. The fraction of sp³-hybridized carbons (Fsp3) is 0.625. The van der Waals surface area contributed by atoms with Crippen LogP contribution in [0.2, 0.25) is 0 Å². The summed E-state index contributed by atoms with van der Waals surface area (Å²) in [4.78, 5) is 0. The van der Waals surface area contributed by atoms with E-state index in [0.29, 0.717) is 12.3 Å². The number of nitrogens with two attached hydrogens (primary N) is 2. The normalized spacial score (nSPS) is 14.5. The first-order valence-electron chi connectivity index (χ1n) is 6.82. The molecule has 1 rings (SSSR count). The number of phenols is 1. The first-order valence-corrected chi connectivity index (χ1v) is 6.82. The van der Waals surface area contributed by atoms with Crippen LogP contribution in [0.3, 0.4) is 0 Å². The Kier molecular flexibility index (Phi) is 4.33. The third-order valence-corrected chi connectivity index (χ3v) is 3.43. The van der Waals surface area contributed by atoms with Crippen LogP contribution in [0.1, 0.15) is 64.3 Å². The third kappa shape index (κ3) is 3.48. The highest BCUT2D eigenvalue weighted by atomic mass is 16.3. The van der Waals surface area contributed by atoms with Crippen LogP contribution in [0.25, 0.3) is 0 Å². The molecule has 3 nitrogen and oxygen atoms in total. The standard InChI is InChI=1S/C16H28N2O/c1-15(2,3)11-7-10(13(18)9-17)8-12(14(11)19)16(4,5)6/h7-8,13,19H,9,17-18H2,1-6H3/t13-/m1/s1. The third-order valence-electron chi connectivity index (χ3n) is 3.43. The molecule has 0 aliphatic heterocycles. The summed E-state index contributed by atoms with van der Waals surface area (Å²) in [7, 11) is 0. The molecular formula is C16H28N2O. The van der Waals surface area contributed by atoms with E-state index in [-0.39, 0.29) is 16.9 Å². The molecule has 0 amide bonds. The maximum absolute atomic E-state index is 10.6. The van der Waals surface area contributed by atoms with Gasteiger partial charge in [0.05, 0.1) is 0 Å². The van der Waals surface area contributed by atoms with Gasteiger partial charge >= 0.3 is 0 Å². The number of rotatable bonds is 2. The highest BCUT2D eigenvalue weighted by Gasteiger charge is 2.27. The molecule has 1 aromatic carbocycles. The molecular weight excluding hydrogens is 236 g/mol. The fourth-order valence-corrected chi connectivity index (χ4v) is 2.15. The molecule has 0 unspecified atom stereocenters. The molecule has 0 spiro atoms. The summed E-state index contributed by atoms with van der Waals surface area (Å²) in [6.07, 6.45) is 0. The van der Waals surface area contributed by atoms with E-state index < -0.39 is 0 Å². The van der Waals surface area contributed by atoms with E-state index in [1.165, 1.54) is 0 Å². The predicted molar refractivity (Wildman–Crippen MR) is 81.5 cm³/mol. The second kappa shape index (κ2) is 5.14. The van der Waals surface area contributed by atoms with Gasteiger partial charge in [-0.1, -0.05) is 41.5 Å². The Morgan fingerprint density at radius 1 is 1.00 bits per heavy atom. The van der Waals surface area contributed by atoms with Crippen molar-refractivity contribution in [3.8, 4) is 5.75 Å². The molecule has 19 heavy (non-hydrogen) atoms. The predicted octanol–water partition coefficient (Wildman–Crippen LogP) is 2.95. The van der Waals surface area contributed by atoms with Crippen LogP contribution in [0.15, 0.2) is 12.1 Å². The molecule has 5 N–H and O–H groups in total. The van der Waals surface area contributed by atoms with Crippen molar-refractivity contribution in [2.75, 3.05) is 6.54 Å². The van der Waals surface area contributed by atoms with Crippen molar-refractivity contribution in [1.29, 1.82) is 0 Å². The van der Waals surface area contributed by atoms with Crippen molar-refractivity contribution >= 4 is 0 Å². The Bertz CT molecular complexity index is 418. The summed E-state index contributed by atoms with van der Waals surface area (Å²) in [5, 5.41) is 10.6. The van der Waals surface area contributed by atoms with Crippen molar-refractivity contribution in [3.63, 3.8) is 0 Å². The van der Waals surface area contributed by atoms with Crippen LogP contribution in [0.5, 0.6) is 5.75 Å². The molecule has 0 saturated heterocycles. The highest BCUT2D eigenvalue weighted by Crippen LogP contribution is 2.40. The number of hydrogen-bond acceptors (Lipinski definition) is 3. The summed E-state index contributed by atoms with van der Waals surface area (Å²) < 4.78 is 0. The molecule has 108 valence electrons. The van der Waals surface area contributed by atoms with Crippen LogP contribution < -0.4 is 11.5 Å². The lowest BCUT2D eigenvalue weighted by molar-refractivity contribution is 0.422. The monoisotopic (exact) mass is 264 g/mol. The zero-order chi connectivity index (χ0) is 15.0. The SMILES string of the molecule is CC(C)(C)c1cc([C@H](N)CN)cc(C(C)(C)C)c1O. The van der Waals surface area contributed by atoms with Crippen LogP contribution in [0, 0.1) is 0 Å². The Morgan fingerprint density at radius 3 is 1.63 bits per heavy atom. The van der Waals surface area contributed by atoms with Gasteiger partial charge in [-0.05, 0) is 39.7 Å². The van der Waals surface area contributed by atoms with Crippen molar-refractivity contribution in [1.82, 2.24) is 0 Å². The summed E-state index contributed by atoms with van der Waals surface area (Å²) in [6, 6.07) is 3.78. The molecule has 0 bridgehead atoms. The van der Waals surface area contributed by atoms with Gasteiger partial charge in [0.2, 0.25) is 0 Å². The van der Waals surface area contributed by atoms with E-state index in [9.17, 15) is 5.11 Å². The maximum atomic E-state index is 10.6. The first kappa shape index (κ1) is 16.0. The number of aromatic hydroxyl groups is 1. The fourth-order valence-electron chi connectivity index (χ4n) is 2.15. The highest BCUT2D eigenvalue weighted by molar-refractivity contribution is 5.50. The quantitative estimate of drug-likeness (QED) is 0.769. The Labute approximate surface area is 117 Å². The van der Waals surface area contributed by atoms with Crippen molar-refractivity contribution < 1.29 is 5.11 Å². The molecule has 0 fully saturated rings. The lowest BCUT2D eigenvalue weighted by atomic mass is 9.78. The molecule has 0 heterocycles. The second-order valence-corrected chi connectivity index (χ2v) is 7.31. The molecule has 3 heteroatoms. The summed E-state index contributed by atoms with van der Waals surface area (Å²) in [5.41, 5.74) is 14.3. The number of benzene rings is 1. The van der Waals surface area contributed by atoms with E-state index in [1.54, 1.807) is 0 Å². The Morgan fingerprint density at radius 2 is 1.37 bits per heavy atom. The summed E-state index contributed by atoms with van der Waals surface area (Å²) in [5.74, 6) is 0.382. The minimum atomic E-state index is -0.192. The molecule has 0 aromatic heterocycles. The topological polar surface area (TPSA) is 72.3 Å². The van der Waals surface area contributed by atoms with Gasteiger partial charge in [-0.3, -0.25) is 0 Å². The molecule has 0 radical (unpaired) electrons. The minimum absolute atomic E-state index is 0.131. The smallest absolute Gasteiger partial charge is 0.123 e. The largest absolute Gasteiger partial charge is 0.507 e. The van der Waals surface area contributed by atoms with Gasteiger partial charge in [0.25, 0.3) is 0 Å². The van der Waals surface area contributed by atoms with Crippen LogP contribution in [-0.2, 0) is 10.8 Å². The molecule has 0 saturated carbocycles. The van der Waals surface area contributed by atoms with Crippen molar-refractivity contribution in [2.45, 2.75) is 58.4 Å². The van der Waals surface area contributed by atoms with Gasteiger partial charge in [-0.2, -0.15) is 0 Å². The minimum Gasteiger partial charge on any atom is -0.507 e. The van der Waals surface area contributed by atoms with Crippen molar-refractivity contribution in [2.24, 2.45) is 11.5 Å². The van der Waals surface area contributed by atoms with E-state index >= 15 is 0 Å². The number of phenolic OH excluding ortho intramolecular Hbond substituents is 1. The van der Waals surface area contributed by atoms with Crippen LogP contribution in [-0.4, -0.2) is 11.7 Å². The average molecular weight is 264 g/mol. The lowest BCUT2D eigenvalue weighted by Gasteiger charge is -2.29. The van der Waals surface area contributed by atoms with Gasteiger partial charge in [0, 0.05) is 12.6 Å².